The Morgan fingerprint density at radius 3 is 2.56 bits per heavy atom. The van der Waals surface area contributed by atoms with Crippen LogP contribution in [0.25, 0.3) is 0 Å². The highest BCUT2D eigenvalue weighted by molar-refractivity contribution is 6.06. The first-order valence-electron chi connectivity index (χ1n) is 3.09. The van der Waals surface area contributed by atoms with Crippen molar-refractivity contribution in [1.29, 1.82) is 10.8 Å². The van der Waals surface area contributed by atoms with Gasteiger partial charge in [-0.1, -0.05) is 0 Å². The summed E-state index contributed by atoms with van der Waals surface area (Å²) in [6, 6.07) is -0.0703. The molecule has 0 aromatic rings. The lowest BCUT2D eigenvalue weighted by Gasteiger charge is -2.18. The maximum atomic E-state index is 7.26. The van der Waals surface area contributed by atoms with E-state index in [2.05, 4.69) is 0 Å². The molecule has 3 nitrogen and oxygen atoms in total. The van der Waals surface area contributed by atoms with Crippen LogP contribution in [0.4, 0.5) is 0 Å². The van der Waals surface area contributed by atoms with Crippen molar-refractivity contribution >= 4 is 11.4 Å². The fourth-order valence-corrected chi connectivity index (χ4v) is 0.953. The minimum absolute atomic E-state index is 0.0703. The number of nitrogens with two attached hydrogens (primary N) is 1. The number of hydrogen-bond donors (Lipinski definition) is 3. The summed E-state index contributed by atoms with van der Waals surface area (Å²) in [7, 11) is 0. The van der Waals surface area contributed by atoms with Gasteiger partial charge in [-0.05, 0) is 12.8 Å². The fraction of sp³-hybridized carbons (Fsp3) is 0.667. The van der Waals surface area contributed by atoms with Crippen molar-refractivity contribution < 1.29 is 0 Å². The second-order valence-corrected chi connectivity index (χ2v) is 2.45. The Morgan fingerprint density at radius 1 is 1.44 bits per heavy atom. The van der Waals surface area contributed by atoms with Gasteiger partial charge in [-0.15, -0.1) is 0 Å². The van der Waals surface area contributed by atoms with Gasteiger partial charge < -0.3 is 16.6 Å². The number of hydrogen-bond acceptors (Lipinski definition) is 3. The standard InChI is InChI=1S/C6H11N3/c7-4-1-2-5(8)6(9)3-4/h5,7,9H,1-3,8H2. The van der Waals surface area contributed by atoms with Gasteiger partial charge in [0.1, 0.15) is 0 Å². The van der Waals surface area contributed by atoms with Crippen LogP contribution in [0.3, 0.4) is 0 Å². The van der Waals surface area contributed by atoms with Crippen LogP contribution < -0.4 is 5.73 Å². The summed E-state index contributed by atoms with van der Waals surface area (Å²) in [6.07, 6.45) is 2.07. The normalized spacial score (nSPS) is 28.8. The van der Waals surface area contributed by atoms with Crippen molar-refractivity contribution in [2.45, 2.75) is 25.3 Å². The molecule has 0 radical (unpaired) electrons. The second-order valence-electron chi connectivity index (χ2n) is 2.45. The summed E-state index contributed by atoms with van der Waals surface area (Å²) >= 11 is 0. The van der Waals surface area contributed by atoms with Crippen molar-refractivity contribution in [1.82, 2.24) is 0 Å². The number of rotatable bonds is 0. The van der Waals surface area contributed by atoms with E-state index in [0.29, 0.717) is 17.8 Å². The summed E-state index contributed by atoms with van der Waals surface area (Å²) in [5, 5.41) is 14.5. The van der Waals surface area contributed by atoms with Crippen molar-refractivity contribution in [2.24, 2.45) is 5.73 Å². The van der Waals surface area contributed by atoms with Gasteiger partial charge in [-0.2, -0.15) is 0 Å². The molecule has 4 N–H and O–H groups in total. The van der Waals surface area contributed by atoms with Crippen molar-refractivity contribution in [3.8, 4) is 0 Å². The van der Waals surface area contributed by atoms with Crippen LogP contribution in [0.2, 0.25) is 0 Å². The van der Waals surface area contributed by atoms with E-state index in [4.69, 9.17) is 16.6 Å². The summed E-state index contributed by atoms with van der Waals surface area (Å²) in [4.78, 5) is 0. The van der Waals surface area contributed by atoms with Gasteiger partial charge in [-0.3, -0.25) is 0 Å². The first-order chi connectivity index (χ1) is 4.20. The van der Waals surface area contributed by atoms with E-state index in [0.717, 1.165) is 12.8 Å². The lowest BCUT2D eigenvalue weighted by Crippen LogP contribution is -2.35. The average Bonchev–Trinajstić information content (AvgIpc) is 1.80. The summed E-state index contributed by atoms with van der Waals surface area (Å²) in [5.74, 6) is 0. The van der Waals surface area contributed by atoms with E-state index in [9.17, 15) is 0 Å². The molecular formula is C6H11N3. The van der Waals surface area contributed by atoms with Gasteiger partial charge in [0.05, 0.1) is 0 Å². The summed E-state index contributed by atoms with van der Waals surface area (Å²) in [6.45, 7) is 0. The molecule has 0 aliphatic heterocycles. The molecule has 1 saturated carbocycles. The van der Waals surface area contributed by atoms with Gasteiger partial charge in [0.2, 0.25) is 0 Å². The van der Waals surface area contributed by atoms with Crippen LogP contribution in [0.15, 0.2) is 0 Å². The topological polar surface area (TPSA) is 73.7 Å². The average molecular weight is 125 g/mol. The Morgan fingerprint density at radius 2 is 2.11 bits per heavy atom. The highest BCUT2D eigenvalue weighted by Gasteiger charge is 2.17. The Labute approximate surface area is 54.3 Å². The molecule has 1 aliphatic rings. The quantitative estimate of drug-likeness (QED) is 0.434. The minimum Gasteiger partial charge on any atom is -0.323 e. The van der Waals surface area contributed by atoms with E-state index < -0.39 is 0 Å². The highest BCUT2D eigenvalue weighted by atomic mass is 14.7. The molecule has 0 heterocycles. The molecule has 50 valence electrons. The van der Waals surface area contributed by atoms with Gasteiger partial charge in [0, 0.05) is 23.9 Å². The lowest BCUT2D eigenvalue weighted by molar-refractivity contribution is 0.741. The molecule has 1 fully saturated rings. The molecule has 1 atom stereocenters. The highest BCUT2D eigenvalue weighted by Crippen LogP contribution is 2.09. The smallest absolute Gasteiger partial charge is 0.0430 e. The molecule has 1 unspecified atom stereocenters. The van der Waals surface area contributed by atoms with Crippen LogP contribution in [0.5, 0.6) is 0 Å². The third-order valence-corrected chi connectivity index (χ3v) is 1.61. The van der Waals surface area contributed by atoms with Crippen molar-refractivity contribution in [3.05, 3.63) is 0 Å². The zero-order valence-electron chi connectivity index (χ0n) is 5.28. The molecule has 0 spiro atoms. The Bertz CT molecular complexity index is 150. The largest absolute Gasteiger partial charge is 0.323 e. The van der Waals surface area contributed by atoms with Crippen LogP contribution in [0, 0.1) is 10.8 Å². The van der Waals surface area contributed by atoms with E-state index in [-0.39, 0.29) is 6.04 Å². The molecule has 3 heteroatoms. The third-order valence-electron chi connectivity index (χ3n) is 1.61. The van der Waals surface area contributed by atoms with Crippen molar-refractivity contribution in [2.75, 3.05) is 0 Å². The molecule has 0 amide bonds. The zero-order chi connectivity index (χ0) is 6.85. The molecule has 0 aromatic heterocycles. The van der Waals surface area contributed by atoms with Crippen LogP contribution in [-0.4, -0.2) is 17.5 Å². The maximum absolute atomic E-state index is 7.26. The van der Waals surface area contributed by atoms with E-state index in [1.54, 1.807) is 0 Å². The predicted molar refractivity (Wildman–Crippen MR) is 37.3 cm³/mol. The van der Waals surface area contributed by atoms with Crippen molar-refractivity contribution in [3.63, 3.8) is 0 Å². The van der Waals surface area contributed by atoms with Gasteiger partial charge >= 0.3 is 0 Å². The molecule has 9 heavy (non-hydrogen) atoms. The van der Waals surface area contributed by atoms with Gasteiger partial charge in [-0.25, -0.2) is 0 Å². The Hall–Kier alpha value is -0.700. The SMILES string of the molecule is N=C1CCC(N)C(=N)C1. The lowest BCUT2D eigenvalue weighted by atomic mass is 9.93. The predicted octanol–water partition coefficient (Wildman–Crippen LogP) is 0.537. The van der Waals surface area contributed by atoms with Crippen LogP contribution >= 0.6 is 0 Å². The van der Waals surface area contributed by atoms with Crippen LogP contribution in [-0.2, 0) is 0 Å². The van der Waals surface area contributed by atoms with Crippen LogP contribution in [0.1, 0.15) is 19.3 Å². The van der Waals surface area contributed by atoms with E-state index >= 15 is 0 Å². The molecule has 1 rings (SSSR count). The fourth-order valence-electron chi connectivity index (χ4n) is 0.953. The van der Waals surface area contributed by atoms with Gasteiger partial charge in [0.15, 0.2) is 0 Å². The molecule has 0 bridgehead atoms. The first-order valence-corrected chi connectivity index (χ1v) is 3.09. The van der Waals surface area contributed by atoms with E-state index in [1.165, 1.54) is 0 Å². The molecule has 0 aromatic carbocycles. The molecular weight excluding hydrogens is 114 g/mol. The third kappa shape index (κ3) is 1.36. The van der Waals surface area contributed by atoms with Gasteiger partial charge in [0.25, 0.3) is 0 Å². The van der Waals surface area contributed by atoms with E-state index in [1.807, 2.05) is 0 Å². The zero-order valence-corrected chi connectivity index (χ0v) is 5.28. The molecule has 0 saturated heterocycles. The first kappa shape index (κ1) is 6.42. The monoisotopic (exact) mass is 125 g/mol. The Kier molecular flexibility index (Phi) is 1.62. The second kappa shape index (κ2) is 2.27. The maximum Gasteiger partial charge on any atom is 0.0430 e. The summed E-state index contributed by atoms with van der Waals surface area (Å²) < 4.78 is 0. The summed E-state index contributed by atoms with van der Waals surface area (Å²) in [5.41, 5.74) is 6.69. The number of nitrogens with one attached hydrogen (secondary N) is 2. The molecule has 1 aliphatic carbocycles. The Balaban J connectivity index is 2.54. The minimum atomic E-state index is -0.0703.